The molecular weight excluding hydrogens is 236 g/mol. The molecule has 0 spiro atoms. The van der Waals surface area contributed by atoms with Gasteiger partial charge in [0.25, 0.3) is 5.91 Å². The second kappa shape index (κ2) is 5.33. The van der Waals surface area contributed by atoms with Crippen LogP contribution < -0.4 is 11.1 Å². The normalized spacial score (nSPS) is 28.6. The van der Waals surface area contributed by atoms with Crippen LogP contribution in [0.15, 0.2) is 24.3 Å². The van der Waals surface area contributed by atoms with E-state index in [-0.39, 0.29) is 5.91 Å². The minimum absolute atomic E-state index is 0.0399. The second-order valence-electron chi connectivity index (χ2n) is 6.05. The topological polar surface area (TPSA) is 55.1 Å². The molecule has 0 aliphatic heterocycles. The standard InChI is InChI=1S/C16H22N2O/c17-9-12-2-1-3-14(8-12)16(19)18-10-15-7-11-4-5-13(15)6-11/h1-3,8,11,13,15H,4-7,9-10,17H2,(H,18,19). The van der Waals surface area contributed by atoms with E-state index in [1.807, 2.05) is 24.3 Å². The first-order valence-electron chi connectivity index (χ1n) is 7.33. The summed E-state index contributed by atoms with van der Waals surface area (Å²) in [6.07, 6.45) is 5.48. The van der Waals surface area contributed by atoms with E-state index in [2.05, 4.69) is 5.32 Å². The zero-order chi connectivity index (χ0) is 13.2. The fraction of sp³-hybridized carbons (Fsp3) is 0.562. The van der Waals surface area contributed by atoms with Gasteiger partial charge in [0.1, 0.15) is 0 Å². The van der Waals surface area contributed by atoms with Crippen molar-refractivity contribution in [3.05, 3.63) is 35.4 Å². The van der Waals surface area contributed by atoms with E-state index in [0.717, 1.165) is 29.5 Å². The van der Waals surface area contributed by atoms with Crippen LogP contribution in [0.5, 0.6) is 0 Å². The number of carbonyl (C=O) groups excluding carboxylic acids is 1. The van der Waals surface area contributed by atoms with E-state index in [1.54, 1.807) is 0 Å². The molecule has 19 heavy (non-hydrogen) atoms. The summed E-state index contributed by atoms with van der Waals surface area (Å²) in [6.45, 7) is 1.32. The van der Waals surface area contributed by atoms with E-state index in [4.69, 9.17) is 5.73 Å². The number of rotatable bonds is 4. The van der Waals surface area contributed by atoms with Crippen molar-refractivity contribution in [2.75, 3.05) is 6.54 Å². The fourth-order valence-corrected chi connectivity index (χ4v) is 3.79. The van der Waals surface area contributed by atoms with E-state index in [9.17, 15) is 4.79 Å². The van der Waals surface area contributed by atoms with Gasteiger partial charge in [-0.1, -0.05) is 18.6 Å². The largest absolute Gasteiger partial charge is 0.352 e. The molecule has 1 aromatic carbocycles. The first-order chi connectivity index (χ1) is 9.26. The van der Waals surface area contributed by atoms with Crippen LogP contribution in [0.1, 0.15) is 41.6 Å². The Kier molecular flexibility index (Phi) is 3.56. The molecule has 2 aliphatic carbocycles. The van der Waals surface area contributed by atoms with Crippen molar-refractivity contribution in [2.45, 2.75) is 32.2 Å². The van der Waals surface area contributed by atoms with Crippen LogP contribution in [0.3, 0.4) is 0 Å². The van der Waals surface area contributed by atoms with Gasteiger partial charge in [-0.3, -0.25) is 4.79 Å². The van der Waals surface area contributed by atoms with Gasteiger partial charge >= 0.3 is 0 Å². The van der Waals surface area contributed by atoms with Crippen molar-refractivity contribution in [2.24, 2.45) is 23.5 Å². The maximum absolute atomic E-state index is 12.1. The van der Waals surface area contributed by atoms with Crippen molar-refractivity contribution in [1.29, 1.82) is 0 Å². The van der Waals surface area contributed by atoms with Crippen molar-refractivity contribution < 1.29 is 4.79 Å². The van der Waals surface area contributed by atoms with Crippen LogP contribution in [-0.4, -0.2) is 12.5 Å². The lowest BCUT2D eigenvalue weighted by atomic mass is 9.89. The van der Waals surface area contributed by atoms with Crippen LogP contribution in [-0.2, 0) is 6.54 Å². The SMILES string of the molecule is NCc1cccc(C(=O)NCC2CC3CCC2C3)c1. The zero-order valence-electron chi connectivity index (χ0n) is 11.3. The summed E-state index contributed by atoms with van der Waals surface area (Å²) in [5.41, 5.74) is 7.34. The van der Waals surface area contributed by atoms with Crippen molar-refractivity contribution >= 4 is 5.91 Å². The maximum atomic E-state index is 12.1. The van der Waals surface area contributed by atoms with Gasteiger partial charge in [0, 0.05) is 18.7 Å². The Morgan fingerprint density at radius 3 is 2.89 bits per heavy atom. The number of nitrogens with two attached hydrogens (primary N) is 1. The van der Waals surface area contributed by atoms with Crippen molar-refractivity contribution in [1.82, 2.24) is 5.32 Å². The molecule has 0 aromatic heterocycles. The average Bonchev–Trinajstić information content (AvgIpc) is 3.07. The third-order valence-electron chi connectivity index (χ3n) is 4.83. The highest BCUT2D eigenvalue weighted by atomic mass is 16.1. The van der Waals surface area contributed by atoms with Crippen LogP contribution in [0.4, 0.5) is 0 Å². The Hall–Kier alpha value is -1.35. The van der Waals surface area contributed by atoms with Crippen LogP contribution in [0.25, 0.3) is 0 Å². The predicted molar refractivity (Wildman–Crippen MR) is 75.6 cm³/mol. The summed E-state index contributed by atoms with van der Waals surface area (Å²) < 4.78 is 0. The molecule has 3 nitrogen and oxygen atoms in total. The third kappa shape index (κ3) is 2.66. The van der Waals surface area contributed by atoms with Gasteiger partial charge in [-0.25, -0.2) is 0 Å². The molecule has 3 N–H and O–H groups in total. The van der Waals surface area contributed by atoms with Crippen molar-refractivity contribution in [3.8, 4) is 0 Å². The summed E-state index contributed by atoms with van der Waals surface area (Å²) in [5, 5.41) is 3.10. The molecule has 102 valence electrons. The lowest BCUT2D eigenvalue weighted by Gasteiger charge is -2.21. The molecule has 3 heteroatoms. The monoisotopic (exact) mass is 258 g/mol. The minimum atomic E-state index is 0.0399. The summed E-state index contributed by atoms with van der Waals surface area (Å²) in [5.74, 6) is 2.55. The number of fused-ring (bicyclic) bond motifs is 2. The average molecular weight is 258 g/mol. The third-order valence-corrected chi connectivity index (χ3v) is 4.83. The molecule has 2 fully saturated rings. The second-order valence-corrected chi connectivity index (χ2v) is 6.05. The molecule has 2 bridgehead atoms. The van der Waals surface area contributed by atoms with Gasteiger partial charge in [-0.05, 0) is 54.7 Å². The number of hydrogen-bond acceptors (Lipinski definition) is 2. The lowest BCUT2D eigenvalue weighted by molar-refractivity contribution is 0.0941. The molecule has 3 unspecified atom stereocenters. The Labute approximate surface area is 114 Å². The Morgan fingerprint density at radius 1 is 1.32 bits per heavy atom. The summed E-state index contributed by atoms with van der Waals surface area (Å²) in [7, 11) is 0. The number of nitrogens with one attached hydrogen (secondary N) is 1. The first kappa shape index (κ1) is 12.7. The van der Waals surface area contributed by atoms with E-state index in [1.165, 1.54) is 25.7 Å². The smallest absolute Gasteiger partial charge is 0.251 e. The van der Waals surface area contributed by atoms with E-state index < -0.39 is 0 Å². The number of amides is 1. The molecule has 0 saturated heterocycles. The first-order valence-corrected chi connectivity index (χ1v) is 7.33. The zero-order valence-corrected chi connectivity index (χ0v) is 11.3. The van der Waals surface area contributed by atoms with E-state index >= 15 is 0 Å². The highest BCUT2D eigenvalue weighted by Gasteiger charge is 2.39. The Balaban J connectivity index is 1.56. The van der Waals surface area contributed by atoms with Gasteiger partial charge in [0.15, 0.2) is 0 Å². The summed E-state index contributed by atoms with van der Waals surface area (Å²) >= 11 is 0. The number of benzene rings is 1. The molecule has 1 amide bonds. The Morgan fingerprint density at radius 2 is 2.21 bits per heavy atom. The van der Waals surface area contributed by atoms with Crippen LogP contribution in [0.2, 0.25) is 0 Å². The molecule has 3 atom stereocenters. The van der Waals surface area contributed by atoms with Gasteiger partial charge in [0.05, 0.1) is 0 Å². The highest BCUT2D eigenvalue weighted by molar-refractivity contribution is 5.94. The lowest BCUT2D eigenvalue weighted by Crippen LogP contribution is -2.31. The molecule has 2 aliphatic rings. The number of hydrogen-bond donors (Lipinski definition) is 2. The van der Waals surface area contributed by atoms with Gasteiger partial charge in [-0.2, -0.15) is 0 Å². The molecule has 1 aromatic rings. The van der Waals surface area contributed by atoms with Gasteiger partial charge in [-0.15, -0.1) is 0 Å². The summed E-state index contributed by atoms with van der Waals surface area (Å²) in [6, 6.07) is 7.59. The predicted octanol–water partition coefficient (Wildman–Crippen LogP) is 2.31. The number of carbonyl (C=O) groups is 1. The molecule has 2 saturated carbocycles. The Bertz CT molecular complexity index is 472. The molecule has 0 heterocycles. The fourth-order valence-electron chi connectivity index (χ4n) is 3.79. The molecule has 0 radical (unpaired) electrons. The molecule has 3 rings (SSSR count). The van der Waals surface area contributed by atoms with Gasteiger partial charge < -0.3 is 11.1 Å². The summed E-state index contributed by atoms with van der Waals surface area (Å²) in [4.78, 5) is 12.1. The van der Waals surface area contributed by atoms with Crippen LogP contribution >= 0.6 is 0 Å². The van der Waals surface area contributed by atoms with Crippen molar-refractivity contribution in [3.63, 3.8) is 0 Å². The van der Waals surface area contributed by atoms with Gasteiger partial charge in [0.2, 0.25) is 0 Å². The maximum Gasteiger partial charge on any atom is 0.251 e. The molecular formula is C16H22N2O. The minimum Gasteiger partial charge on any atom is -0.352 e. The van der Waals surface area contributed by atoms with Crippen LogP contribution in [0, 0.1) is 17.8 Å². The highest BCUT2D eigenvalue weighted by Crippen LogP contribution is 2.47. The quantitative estimate of drug-likeness (QED) is 0.870. The van der Waals surface area contributed by atoms with E-state index in [0.29, 0.717) is 12.5 Å².